The smallest absolute Gasteiger partial charge is 0.0742 e. The number of hydrogen-bond acceptors (Lipinski definition) is 0. The summed E-state index contributed by atoms with van der Waals surface area (Å²) in [5.74, 6) is 0. The second-order valence-electron chi connectivity index (χ2n) is 4.00. The van der Waals surface area contributed by atoms with Crippen LogP contribution in [0.1, 0.15) is 45.4 Å². The summed E-state index contributed by atoms with van der Waals surface area (Å²) in [6.45, 7) is 3.40. The highest BCUT2D eigenvalue weighted by atomic mass is 14.0. The highest BCUT2D eigenvalue weighted by Gasteiger charge is 2.17. The molecule has 0 bridgehead atoms. The first-order chi connectivity index (χ1) is 5.43. The van der Waals surface area contributed by atoms with E-state index in [9.17, 15) is 0 Å². The third-order valence-electron chi connectivity index (χ3n) is 2.94. The molecule has 0 spiro atoms. The van der Waals surface area contributed by atoms with Crippen LogP contribution in [0.5, 0.6) is 0 Å². The minimum Gasteiger partial charge on any atom is -0.0742 e. The van der Waals surface area contributed by atoms with Crippen LogP contribution in [0.2, 0.25) is 19.0 Å². The maximum Gasteiger partial charge on any atom is 0.139 e. The Morgan fingerprint density at radius 2 is 1.73 bits per heavy atom. The van der Waals surface area contributed by atoms with Crippen LogP contribution in [0.25, 0.3) is 0 Å². The second-order valence-corrected chi connectivity index (χ2v) is 4.00. The first-order valence-electron chi connectivity index (χ1n) is 5.43. The first kappa shape index (κ1) is 9.16. The van der Waals surface area contributed by atoms with Gasteiger partial charge in [-0.2, -0.15) is 0 Å². The van der Waals surface area contributed by atoms with Gasteiger partial charge in [0.1, 0.15) is 6.71 Å². The van der Waals surface area contributed by atoms with Gasteiger partial charge < -0.3 is 0 Å². The molecule has 1 aliphatic rings. The molecule has 1 fully saturated rings. The molecule has 64 valence electrons. The Hall–Kier alpha value is 0.0649. The number of rotatable bonds is 5. The van der Waals surface area contributed by atoms with Crippen LogP contribution in [0.4, 0.5) is 0 Å². The van der Waals surface area contributed by atoms with E-state index in [1.807, 2.05) is 0 Å². The van der Waals surface area contributed by atoms with E-state index in [0.717, 1.165) is 6.71 Å². The molecule has 11 heavy (non-hydrogen) atoms. The minimum atomic E-state index is 1.12. The van der Waals surface area contributed by atoms with E-state index in [4.69, 9.17) is 0 Å². The lowest BCUT2D eigenvalue weighted by atomic mass is 9.45. The van der Waals surface area contributed by atoms with Crippen LogP contribution >= 0.6 is 0 Å². The molecule has 1 rings (SSSR count). The largest absolute Gasteiger partial charge is 0.139 e. The van der Waals surface area contributed by atoms with Gasteiger partial charge in [0, 0.05) is 0 Å². The average Bonchev–Trinajstić information content (AvgIpc) is 2.50. The maximum atomic E-state index is 2.29. The van der Waals surface area contributed by atoms with Crippen molar-refractivity contribution >= 4 is 6.71 Å². The molecule has 0 aromatic carbocycles. The SMILES string of the molecule is CCCCCCB1CCCC1. The average molecular weight is 152 g/mol. The molecule has 1 heterocycles. The van der Waals surface area contributed by atoms with E-state index in [0.29, 0.717) is 0 Å². The van der Waals surface area contributed by atoms with Gasteiger partial charge in [0.05, 0.1) is 0 Å². The predicted octanol–water partition coefficient (Wildman–Crippen LogP) is 3.86. The zero-order valence-corrected chi connectivity index (χ0v) is 7.94. The summed E-state index contributed by atoms with van der Waals surface area (Å²) in [6.07, 6.45) is 13.4. The minimum absolute atomic E-state index is 1.12. The molecule has 0 radical (unpaired) electrons. The Kier molecular flexibility index (Phi) is 4.73. The molecule has 1 saturated heterocycles. The predicted molar refractivity (Wildman–Crippen MR) is 53.6 cm³/mol. The lowest BCUT2D eigenvalue weighted by Crippen LogP contribution is -2.04. The van der Waals surface area contributed by atoms with Crippen LogP contribution in [0.15, 0.2) is 0 Å². The van der Waals surface area contributed by atoms with E-state index in [-0.39, 0.29) is 0 Å². The van der Waals surface area contributed by atoms with Crippen molar-refractivity contribution in [3.63, 3.8) is 0 Å². The van der Waals surface area contributed by atoms with Crippen molar-refractivity contribution in [2.75, 3.05) is 0 Å². The highest BCUT2D eigenvalue weighted by Crippen LogP contribution is 2.23. The maximum absolute atomic E-state index is 2.29. The van der Waals surface area contributed by atoms with Crippen LogP contribution in [-0.4, -0.2) is 6.71 Å². The summed E-state index contributed by atoms with van der Waals surface area (Å²) in [5, 5.41) is 0. The van der Waals surface area contributed by atoms with Gasteiger partial charge in [-0.05, 0) is 0 Å². The molecule has 0 nitrogen and oxygen atoms in total. The van der Waals surface area contributed by atoms with Gasteiger partial charge in [-0.1, -0.05) is 64.4 Å². The van der Waals surface area contributed by atoms with Crippen molar-refractivity contribution in [1.82, 2.24) is 0 Å². The van der Waals surface area contributed by atoms with E-state index >= 15 is 0 Å². The number of hydrogen-bond donors (Lipinski definition) is 0. The summed E-state index contributed by atoms with van der Waals surface area (Å²) in [6, 6.07) is 0. The molecule has 0 atom stereocenters. The fourth-order valence-electron chi connectivity index (χ4n) is 2.16. The number of unbranched alkanes of at least 4 members (excludes halogenated alkanes) is 3. The molecular formula is C10H21B. The zero-order chi connectivity index (χ0) is 7.94. The van der Waals surface area contributed by atoms with Gasteiger partial charge >= 0.3 is 0 Å². The van der Waals surface area contributed by atoms with Gasteiger partial charge in [-0.25, -0.2) is 0 Å². The lowest BCUT2D eigenvalue weighted by molar-refractivity contribution is 0.698. The fourth-order valence-corrected chi connectivity index (χ4v) is 2.16. The molecule has 0 aromatic heterocycles. The van der Waals surface area contributed by atoms with Gasteiger partial charge in [-0.15, -0.1) is 0 Å². The fraction of sp³-hybridized carbons (Fsp3) is 1.00. The van der Waals surface area contributed by atoms with Crippen LogP contribution in [0, 0.1) is 0 Å². The van der Waals surface area contributed by atoms with E-state index in [1.165, 1.54) is 57.5 Å². The summed E-state index contributed by atoms with van der Waals surface area (Å²) in [7, 11) is 0. The molecule has 0 N–H and O–H groups in total. The Bertz CT molecular complexity index is 84.9. The van der Waals surface area contributed by atoms with Gasteiger partial charge in [-0.3, -0.25) is 0 Å². The van der Waals surface area contributed by atoms with Crippen LogP contribution in [0.3, 0.4) is 0 Å². The van der Waals surface area contributed by atoms with Gasteiger partial charge in [0.2, 0.25) is 0 Å². The third kappa shape index (κ3) is 3.84. The van der Waals surface area contributed by atoms with E-state index in [2.05, 4.69) is 6.92 Å². The van der Waals surface area contributed by atoms with Crippen molar-refractivity contribution in [2.45, 2.75) is 64.4 Å². The summed E-state index contributed by atoms with van der Waals surface area (Å²) >= 11 is 0. The Morgan fingerprint density at radius 3 is 2.36 bits per heavy atom. The van der Waals surface area contributed by atoms with Crippen molar-refractivity contribution < 1.29 is 0 Å². The van der Waals surface area contributed by atoms with Gasteiger partial charge in [0.25, 0.3) is 0 Å². The van der Waals surface area contributed by atoms with Gasteiger partial charge in [0.15, 0.2) is 0 Å². The molecule has 0 amide bonds. The topological polar surface area (TPSA) is 0 Å². The molecule has 0 aromatic rings. The first-order valence-corrected chi connectivity index (χ1v) is 5.43. The van der Waals surface area contributed by atoms with Crippen molar-refractivity contribution in [1.29, 1.82) is 0 Å². The normalized spacial score (nSPS) is 17.7. The molecule has 1 aliphatic heterocycles. The third-order valence-corrected chi connectivity index (χ3v) is 2.94. The van der Waals surface area contributed by atoms with E-state index in [1.54, 1.807) is 0 Å². The summed E-state index contributed by atoms with van der Waals surface area (Å²) < 4.78 is 0. The highest BCUT2D eigenvalue weighted by molar-refractivity contribution is 6.59. The van der Waals surface area contributed by atoms with Crippen molar-refractivity contribution in [3.8, 4) is 0 Å². The molecule has 0 saturated carbocycles. The summed E-state index contributed by atoms with van der Waals surface area (Å²) in [4.78, 5) is 0. The van der Waals surface area contributed by atoms with Crippen molar-refractivity contribution in [2.24, 2.45) is 0 Å². The molecule has 1 heteroatoms. The van der Waals surface area contributed by atoms with Crippen LogP contribution in [-0.2, 0) is 0 Å². The second kappa shape index (κ2) is 5.68. The molecular weight excluding hydrogens is 131 g/mol. The molecule has 0 unspecified atom stereocenters. The van der Waals surface area contributed by atoms with Crippen molar-refractivity contribution in [3.05, 3.63) is 0 Å². The monoisotopic (exact) mass is 152 g/mol. The molecule has 0 aliphatic carbocycles. The Balaban J connectivity index is 1.86. The standard InChI is InChI=1S/C10H21B/c1-2-3-4-5-8-11-9-6-7-10-11/h2-10H2,1H3. The van der Waals surface area contributed by atoms with Crippen LogP contribution < -0.4 is 0 Å². The lowest BCUT2D eigenvalue weighted by Gasteiger charge is -2.03. The Labute approximate surface area is 71.8 Å². The Morgan fingerprint density at radius 1 is 1.00 bits per heavy atom. The zero-order valence-electron chi connectivity index (χ0n) is 7.94. The summed E-state index contributed by atoms with van der Waals surface area (Å²) in [5.41, 5.74) is 0. The van der Waals surface area contributed by atoms with E-state index < -0.39 is 0 Å². The quantitative estimate of drug-likeness (QED) is 0.414.